The highest BCUT2D eigenvalue weighted by atomic mass is 32.2. The fourth-order valence-electron chi connectivity index (χ4n) is 5.21. The number of aromatic nitrogens is 1. The maximum absolute atomic E-state index is 10.4. The number of allylic oxidation sites excluding steroid dienone is 6. The third-order valence-electron chi connectivity index (χ3n) is 7.40. The van der Waals surface area contributed by atoms with E-state index in [9.17, 15) is 13.0 Å². The van der Waals surface area contributed by atoms with Gasteiger partial charge in [0.15, 0.2) is 0 Å². The predicted molar refractivity (Wildman–Crippen MR) is 179 cm³/mol. The van der Waals surface area contributed by atoms with Gasteiger partial charge in [-0.05, 0) is 87.6 Å². The molecular weight excluding hydrogens is 593 g/mol. The van der Waals surface area contributed by atoms with Gasteiger partial charge >= 0.3 is 0 Å². The van der Waals surface area contributed by atoms with Crippen LogP contribution in [0.3, 0.4) is 0 Å². The van der Waals surface area contributed by atoms with Gasteiger partial charge in [-0.3, -0.25) is 0 Å². The monoisotopic (exact) mass is 628 g/mol. The van der Waals surface area contributed by atoms with Crippen LogP contribution in [0.15, 0.2) is 123 Å². The summed E-state index contributed by atoms with van der Waals surface area (Å²) in [6.07, 6.45) is 15.2. The van der Waals surface area contributed by atoms with Crippen LogP contribution in [0.4, 0.5) is 5.69 Å². The first kappa shape index (κ1) is 31.0. The molecule has 0 atom stereocenters. The molecule has 0 unspecified atom stereocenters. The van der Waals surface area contributed by atoms with Crippen LogP contribution in [0.25, 0.3) is 16.3 Å². The summed E-state index contributed by atoms with van der Waals surface area (Å²) < 4.78 is 34.9. The number of anilines is 1. The molecule has 0 fully saturated rings. The van der Waals surface area contributed by atoms with Gasteiger partial charge in [0.1, 0.15) is 21.4 Å². The molecule has 3 aromatic carbocycles. The minimum Gasteiger partial charge on any atom is -0.744 e. The Bertz CT molecular complexity index is 1830. The Morgan fingerprint density at radius 1 is 0.930 bits per heavy atom. The number of thioether (sulfide) groups is 1. The zero-order valence-electron chi connectivity index (χ0n) is 24.7. The number of nitrogens with zero attached hydrogens (tertiary/aromatic N) is 2. The Morgan fingerprint density at radius 3 is 2.42 bits per heavy atom. The standard InChI is InChI=1S/C28H29N2S2.C7H8O3S/c1-3-29-23-12-5-7-14-25(23)31-27(29)18-16-21-10-9-11-22(20-21)17-19-28-30(4-2)24-13-6-8-15-26(24)32-28;1-6-2-4-7(5-3-6)11(8,9)10/h5-8,12-20H,3-4,9-11H2,1-2H3;2-5H,1H3,(H,8,9,10)/q+1;/p-1. The zero-order chi connectivity index (χ0) is 30.4. The molecule has 2 aliphatic rings. The molecule has 0 spiro atoms. The molecule has 1 aliphatic heterocycles. The number of hydrogen-bond acceptors (Lipinski definition) is 6. The Hall–Kier alpha value is -3.43. The number of rotatable bonds is 6. The van der Waals surface area contributed by atoms with E-state index in [2.05, 4.69) is 102 Å². The average molecular weight is 629 g/mol. The van der Waals surface area contributed by atoms with Gasteiger partial charge in [0, 0.05) is 23.6 Å². The predicted octanol–water partition coefficient (Wildman–Crippen LogP) is 8.63. The van der Waals surface area contributed by atoms with Crippen molar-refractivity contribution < 1.29 is 17.5 Å². The molecule has 4 aromatic rings. The quantitative estimate of drug-likeness (QED) is 0.158. The molecule has 6 rings (SSSR count). The van der Waals surface area contributed by atoms with Crippen LogP contribution in [-0.4, -0.2) is 19.5 Å². The molecular formula is C35H36N2O3S3. The molecule has 1 aromatic heterocycles. The molecule has 0 bridgehead atoms. The highest BCUT2D eigenvalue weighted by molar-refractivity contribution is 8.03. The van der Waals surface area contributed by atoms with E-state index >= 15 is 0 Å². The summed E-state index contributed by atoms with van der Waals surface area (Å²) in [6.45, 7) is 8.26. The summed E-state index contributed by atoms with van der Waals surface area (Å²) in [5.74, 6) is 0. The number of thiazole rings is 1. The van der Waals surface area contributed by atoms with Gasteiger partial charge in [-0.15, -0.1) is 0 Å². The van der Waals surface area contributed by atoms with Gasteiger partial charge in [-0.2, -0.15) is 4.57 Å². The number of para-hydroxylation sites is 2. The topological polar surface area (TPSA) is 64.3 Å². The second kappa shape index (κ2) is 13.9. The van der Waals surface area contributed by atoms with E-state index in [1.165, 1.54) is 60.5 Å². The molecule has 8 heteroatoms. The molecule has 2 heterocycles. The van der Waals surface area contributed by atoms with Gasteiger partial charge in [0.25, 0.3) is 5.01 Å². The fraction of sp³-hybridized carbons (Fsp3) is 0.229. The van der Waals surface area contributed by atoms with E-state index in [0.717, 1.165) is 31.5 Å². The Labute approximate surface area is 263 Å². The van der Waals surface area contributed by atoms with Crippen LogP contribution < -0.4 is 9.47 Å². The third-order valence-corrected chi connectivity index (χ3v) is 10.5. The van der Waals surface area contributed by atoms with Crippen molar-refractivity contribution in [3.8, 4) is 0 Å². The fourth-order valence-corrected chi connectivity index (χ4v) is 7.94. The Kier molecular flexibility index (Phi) is 10.0. The smallest absolute Gasteiger partial charge is 0.262 e. The van der Waals surface area contributed by atoms with Crippen molar-refractivity contribution in [2.75, 3.05) is 11.4 Å². The number of fused-ring (bicyclic) bond motifs is 2. The molecule has 43 heavy (non-hydrogen) atoms. The molecule has 222 valence electrons. The van der Waals surface area contributed by atoms with Crippen LogP contribution in [0, 0.1) is 6.92 Å². The van der Waals surface area contributed by atoms with Gasteiger partial charge in [-0.25, -0.2) is 8.42 Å². The van der Waals surface area contributed by atoms with Crippen molar-refractivity contribution >= 4 is 55.2 Å². The molecule has 0 saturated carbocycles. The lowest BCUT2D eigenvalue weighted by Gasteiger charge is -2.17. The van der Waals surface area contributed by atoms with E-state index in [1.54, 1.807) is 12.1 Å². The summed E-state index contributed by atoms with van der Waals surface area (Å²) >= 11 is 3.76. The molecule has 5 nitrogen and oxygen atoms in total. The summed E-state index contributed by atoms with van der Waals surface area (Å²) in [7, 11) is -4.27. The highest BCUT2D eigenvalue weighted by Crippen LogP contribution is 2.45. The van der Waals surface area contributed by atoms with E-state index < -0.39 is 10.1 Å². The number of aryl methyl sites for hydroxylation is 2. The Balaban J connectivity index is 0.000000283. The lowest BCUT2D eigenvalue weighted by Crippen LogP contribution is -2.33. The summed E-state index contributed by atoms with van der Waals surface area (Å²) in [4.78, 5) is 3.59. The number of benzene rings is 3. The zero-order valence-corrected chi connectivity index (χ0v) is 27.1. The van der Waals surface area contributed by atoms with E-state index in [-0.39, 0.29) is 4.90 Å². The van der Waals surface area contributed by atoms with Gasteiger partial charge in [-0.1, -0.05) is 83.3 Å². The highest BCUT2D eigenvalue weighted by Gasteiger charge is 2.22. The minimum atomic E-state index is -4.27. The average Bonchev–Trinajstić information content (AvgIpc) is 3.56. The van der Waals surface area contributed by atoms with Crippen molar-refractivity contribution in [1.82, 2.24) is 0 Å². The first-order chi connectivity index (χ1) is 20.8. The SMILES string of the molecule is CCN1/C(=C/C=C2C=C(/C=C/c3sc4ccccc4[n+]3CC)CCC/2)Sc2ccccc21.Cc1ccc(S(=O)(=O)[O-])cc1. The second-order valence-electron chi connectivity index (χ2n) is 10.4. The molecule has 0 N–H and O–H groups in total. The van der Waals surface area contributed by atoms with Crippen molar-refractivity contribution in [2.45, 2.75) is 56.4 Å². The van der Waals surface area contributed by atoms with Crippen LogP contribution in [0.1, 0.15) is 43.7 Å². The third kappa shape index (κ3) is 7.57. The maximum atomic E-state index is 10.4. The normalized spacial score (nSPS) is 16.9. The first-order valence-electron chi connectivity index (χ1n) is 14.5. The van der Waals surface area contributed by atoms with Gasteiger partial charge < -0.3 is 9.45 Å². The van der Waals surface area contributed by atoms with Crippen LogP contribution >= 0.6 is 23.1 Å². The summed E-state index contributed by atoms with van der Waals surface area (Å²) in [6, 6.07) is 23.2. The van der Waals surface area contributed by atoms with Crippen molar-refractivity contribution in [3.63, 3.8) is 0 Å². The van der Waals surface area contributed by atoms with E-state index in [4.69, 9.17) is 0 Å². The molecule has 1 aliphatic carbocycles. The minimum absolute atomic E-state index is 0.178. The first-order valence-corrected chi connectivity index (χ1v) is 17.6. The van der Waals surface area contributed by atoms with Crippen LogP contribution in [0.2, 0.25) is 0 Å². The maximum Gasteiger partial charge on any atom is 0.262 e. The molecule has 0 radical (unpaired) electrons. The van der Waals surface area contributed by atoms with E-state index in [1.807, 2.05) is 30.0 Å². The molecule has 0 amide bonds. The van der Waals surface area contributed by atoms with Crippen molar-refractivity contribution in [2.24, 2.45) is 0 Å². The summed E-state index contributed by atoms with van der Waals surface area (Å²) in [5, 5.41) is 2.65. The lowest BCUT2D eigenvalue weighted by molar-refractivity contribution is -0.665. The van der Waals surface area contributed by atoms with E-state index in [0.29, 0.717) is 0 Å². The second-order valence-corrected chi connectivity index (χ2v) is 13.9. The Morgan fingerprint density at radius 2 is 1.67 bits per heavy atom. The molecule has 0 saturated heterocycles. The lowest BCUT2D eigenvalue weighted by atomic mass is 9.94. The largest absolute Gasteiger partial charge is 0.744 e. The van der Waals surface area contributed by atoms with Gasteiger partial charge in [0.05, 0.1) is 15.6 Å². The number of hydrogen-bond donors (Lipinski definition) is 0. The van der Waals surface area contributed by atoms with Crippen LogP contribution in [-0.2, 0) is 16.7 Å². The van der Waals surface area contributed by atoms with Gasteiger partial charge in [0.2, 0.25) is 5.52 Å². The summed E-state index contributed by atoms with van der Waals surface area (Å²) in [5.41, 5.74) is 6.45. The van der Waals surface area contributed by atoms with Crippen LogP contribution in [0.5, 0.6) is 0 Å². The van der Waals surface area contributed by atoms with Crippen molar-refractivity contribution in [1.29, 1.82) is 0 Å². The van der Waals surface area contributed by atoms with Crippen molar-refractivity contribution in [3.05, 3.63) is 124 Å².